The first-order chi connectivity index (χ1) is 7.24. The zero-order valence-corrected chi connectivity index (χ0v) is 10.5. The number of carbonyl (C=O) groups is 1. The Labute approximate surface area is 93.0 Å². The van der Waals surface area contributed by atoms with E-state index in [1.54, 1.807) is 14.2 Å². The van der Waals surface area contributed by atoms with Crippen LogP contribution in [0.4, 0.5) is 0 Å². The van der Waals surface area contributed by atoms with Gasteiger partial charge in [0.2, 0.25) is 0 Å². The van der Waals surface area contributed by atoms with Crippen LogP contribution in [-0.2, 0) is 19.1 Å². The van der Waals surface area contributed by atoms with E-state index in [4.69, 9.17) is 14.4 Å². The molecule has 0 aromatic rings. The molecule has 0 bridgehead atoms. The van der Waals surface area contributed by atoms with Crippen LogP contribution in [0.5, 0.6) is 0 Å². The lowest BCUT2D eigenvalue weighted by molar-refractivity contribution is -0.126. The van der Waals surface area contributed by atoms with Crippen LogP contribution < -0.4 is 5.48 Å². The summed E-state index contributed by atoms with van der Waals surface area (Å²) in [6, 6.07) is 0. The van der Waals surface area contributed by atoms with Gasteiger partial charge in [0.15, 0.2) is 0 Å². The molecular weight excluding hydrogens is 198 g/mol. The first kappa shape index (κ1) is 19.9. The largest absolute Gasteiger partial charge is 0.471 e. The van der Waals surface area contributed by atoms with Crippen LogP contribution in [-0.4, -0.2) is 41.0 Å². The summed E-state index contributed by atoms with van der Waals surface area (Å²) >= 11 is 0. The molecule has 94 valence electrons. The molecule has 0 aliphatic carbocycles. The quantitative estimate of drug-likeness (QED) is 0.419. The maximum atomic E-state index is 8.95. The Kier molecular flexibility index (Phi) is 38.7. The first-order valence-electron chi connectivity index (χ1n) is 4.98. The third-order valence-electron chi connectivity index (χ3n) is 0.955. The van der Waals surface area contributed by atoms with Gasteiger partial charge in [0, 0.05) is 20.8 Å². The van der Waals surface area contributed by atoms with Crippen LogP contribution in [0, 0.1) is 0 Å². The van der Waals surface area contributed by atoms with Crippen molar-refractivity contribution in [2.45, 2.75) is 26.7 Å². The molecule has 0 atom stereocenters. The lowest BCUT2D eigenvalue weighted by Crippen LogP contribution is -2.06. The number of methoxy groups -OCH3 is 2. The van der Waals surface area contributed by atoms with E-state index in [1.165, 1.54) is 7.11 Å². The second-order valence-corrected chi connectivity index (χ2v) is 2.38. The average molecular weight is 223 g/mol. The van der Waals surface area contributed by atoms with Gasteiger partial charge in [0.05, 0.1) is 13.7 Å². The van der Waals surface area contributed by atoms with Gasteiger partial charge in [-0.25, -0.2) is 5.48 Å². The third kappa shape index (κ3) is 60.1. The molecule has 0 aliphatic heterocycles. The molecule has 0 rings (SSSR count). The molecule has 0 aromatic carbocycles. The highest BCUT2D eigenvalue weighted by Gasteiger charge is 1.71. The second-order valence-electron chi connectivity index (χ2n) is 2.38. The zero-order valence-electron chi connectivity index (χ0n) is 10.5. The molecule has 0 heterocycles. The van der Waals surface area contributed by atoms with E-state index in [-0.39, 0.29) is 0 Å². The van der Waals surface area contributed by atoms with Crippen molar-refractivity contribution in [3.05, 3.63) is 0 Å². The average Bonchev–Trinajstić information content (AvgIpc) is 2.28. The summed E-state index contributed by atoms with van der Waals surface area (Å²) in [5, 5.41) is 0. The number of hydrogen-bond acceptors (Lipinski definition) is 5. The second kappa shape index (κ2) is 29.2. The molecule has 0 unspecified atom stereocenters. The SMILES string of the molecule is CCCOC.CCCONC.COC=O. The molecule has 0 amide bonds. The molecule has 0 radical (unpaired) electrons. The maximum absolute atomic E-state index is 8.95. The lowest BCUT2D eigenvalue weighted by Gasteiger charge is -1.93. The van der Waals surface area contributed by atoms with E-state index in [0.29, 0.717) is 6.47 Å². The first-order valence-corrected chi connectivity index (χ1v) is 4.98. The Balaban J connectivity index is -0.000000147. The highest BCUT2D eigenvalue weighted by Crippen LogP contribution is 1.71. The summed E-state index contributed by atoms with van der Waals surface area (Å²) in [5.74, 6) is 0. The molecule has 0 saturated carbocycles. The standard InChI is InChI=1S/C4H11NO.C4H10O.C2H4O2/c1-3-4-6-5-2;1-3-4-5-2;1-4-2-3/h5H,3-4H2,1-2H3;3-4H2,1-2H3;2H,1H3. The predicted octanol–water partition coefficient (Wildman–Crippen LogP) is 1.38. The lowest BCUT2D eigenvalue weighted by atomic mass is 10.5. The number of ether oxygens (including phenoxy) is 2. The van der Waals surface area contributed by atoms with Gasteiger partial charge < -0.3 is 14.3 Å². The summed E-state index contributed by atoms with van der Waals surface area (Å²) in [4.78, 5) is 13.7. The van der Waals surface area contributed by atoms with Crippen molar-refractivity contribution in [2.75, 3.05) is 34.5 Å². The molecule has 1 N–H and O–H groups in total. The van der Waals surface area contributed by atoms with Crippen LogP contribution in [0.1, 0.15) is 26.7 Å². The summed E-state index contributed by atoms with van der Waals surface area (Å²) in [5.41, 5.74) is 2.57. The monoisotopic (exact) mass is 223 g/mol. The van der Waals surface area contributed by atoms with Gasteiger partial charge >= 0.3 is 0 Å². The summed E-state index contributed by atoms with van der Waals surface area (Å²) in [6.45, 7) is 6.22. The number of hydrogen-bond donors (Lipinski definition) is 1. The topological polar surface area (TPSA) is 56.8 Å². The Morgan fingerprint density at radius 1 is 1.13 bits per heavy atom. The van der Waals surface area contributed by atoms with Crippen molar-refractivity contribution in [3.63, 3.8) is 0 Å². The highest BCUT2D eigenvalue weighted by atomic mass is 16.6. The molecule has 5 nitrogen and oxygen atoms in total. The van der Waals surface area contributed by atoms with Crippen molar-refractivity contribution in [1.29, 1.82) is 0 Å². The van der Waals surface area contributed by atoms with Gasteiger partial charge in [-0.15, -0.1) is 0 Å². The van der Waals surface area contributed by atoms with Crippen molar-refractivity contribution < 1.29 is 19.1 Å². The third-order valence-corrected chi connectivity index (χ3v) is 0.955. The Morgan fingerprint density at radius 3 is 1.67 bits per heavy atom. The zero-order chi connectivity index (χ0) is 12.4. The fraction of sp³-hybridized carbons (Fsp3) is 0.900. The van der Waals surface area contributed by atoms with Gasteiger partial charge in [0.25, 0.3) is 6.47 Å². The van der Waals surface area contributed by atoms with E-state index in [2.05, 4.69) is 24.1 Å². The minimum Gasteiger partial charge on any atom is -0.471 e. The molecule has 0 aliphatic rings. The van der Waals surface area contributed by atoms with Crippen molar-refractivity contribution in [2.24, 2.45) is 0 Å². The van der Waals surface area contributed by atoms with Gasteiger partial charge in [-0.2, -0.15) is 0 Å². The Morgan fingerprint density at radius 2 is 1.60 bits per heavy atom. The van der Waals surface area contributed by atoms with Crippen LogP contribution in [0.2, 0.25) is 0 Å². The van der Waals surface area contributed by atoms with Crippen molar-refractivity contribution in [3.8, 4) is 0 Å². The molecule has 15 heavy (non-hydrogen) atoms. The minimum atomic E-state index is 0.375. The van der Waals surface area contributed by atoms with Crippen LogP contribution in [0.25, 0.3) is 0 Å². The fourth-order valence-electron chi connectivity index (χ4n) is 0.408. The normalized spacial score (nSPS) is 7.80. The maximum Gasteiger partial charge on any atom is 0.292 e. The van der Waals surface area contributed by atoms with Gasteiger partial charge in [-0.1, -0.05) is 13.8 Å². The molecule has 0 aromatic heterocycles. The molecule has 5 heteroatoms. The van der Waals surface area contributed by atoms with E-state index in [1.807, 2.05) is 0 Å². The summed E-state index contributed by atoms with van der Waals surface area (Å²) < 4.78 is 8.55. The minimum absolute atomic E-state index is 0.375. The number of nitrogens with one attached hydrogen (secondary N) is 1. The number of rotatable bonds is 6. The van der Waals surface area contributed by atoms with Gasteiger partial charge in [-0.05, 0) is 12.8 Å². The predicted molar refractivity (Wildman–Crippen MR) is 60.5 cm³/mol. The van der Waals surface area contributed by atoms with Crippen LogP contribution in [0.3, 0.4) is 0 Å². The molecular formula is C10H25NO4. The smallest absolute Gasteiger partial charge is 0.292 e. The molecule has 0 spiro atoms. The van der Waals surface area contributed by atoms with Crippen LogP contribution >= 0.6 is 0 Å². The van der Waals surface area contributed by atoms with Crippen LogP contribution in [0.15, 0.2) is 0 Å². The van der Waals surface area contributed by atoms with E-state index in [0.717, 1.165) is 26.1 Å². The molecule has 0 fully saturated rings. The fourth-order valence-corrected chi connectivity index (χ4v) is 0.408. The molecule has 0 saturated heterocycles. The van der Waals surface area contributed by atoms with E-state index >= 15 is 0 Å². The van der Waals surface area contributed by atoms with Gasteiger partial charge in [-0.3, -0.25) is 4.79 Å². The highest BCUT2D eigenvalue weighted by molar-refractivity contribution is 5.36. The van der Waals surface area contributed by atoms with Crippen molar-refractivity contribution >= 4 is 6.47 Å². The Hall–Kier alpha value is -0.650. The van der Waals surface area contributed by atoms with Crippen molar-refractivity contribution in [1.82, 2.24) is 5.48 Å². The summed E-state index contributed by atoms with van der Waals surface area (Å²) in [6.07, 6.45) is 2.19. The Bertz CT molecular complexity index is 85.5. The summed E-state index contributed by atoms with van der Waals surface area (Å²) in [7, 11) is 4.78. The number of hydroxylamine groups is 1. The number of carbonyl (C=O) groups excluding carboxylic acids is 1. The van der Waals surface area contributed by atoms with E-state index in [9.17, 15) is 0 Å². The van der Waals surface area contributed by atoms with Gasteiger partial charge in [0.1, 0.15) is 0 Å². The van der Waals surface area contributed by atoms with E-state index < -0.39 is 0 Å².